The molecule has 0 bridgehead atoms. The van der Waals surface area contributed by atoms with Gasteiger partial charge in [0.15, 0.2) is 9.84 Å². The van der Waals surface area contributed by atoms with Gasteiger partial charge in [0.05, 0.1) is 32.0 Å². The van der Waals surface area contributed by atoms with Gasteiger partial charge in [0, 0.05) is 13.2 Å². The van der Waals surface area contributed by atoms with Gasteiger partial charge in [0.2, 0.25) is 5.95 Å². The fraction of sp³-hybridized carbons (Fsp3) is 0.200. The third kappa shape index (κ3) is 4.23. The molecular weight excluding hydrogens is 482 g/mol. The van der Waals surface area contributed by atoms with Crippen LogP contribution in [-0.2, 0) is 16.9 Å². The van der Waals surface area contributed by atoms with Crippen LogP contribution in [0.1, 0.15) is 13.8 Å². The van der Waals surface area contributed by atoms with E-state index < -0.39 is 15.1 Å². The van der Waals surface area contributed by atoms with Crippen LogP contribution in [0.2, 0.25) is 0 Å². The lowest BCUT2D eigenvalue weighted by Crippen LogP contribution is -2.15. The molecule has 2 N–H and O–H groups in total. The maximum Gasteiger partial charge on any atom is 0.230 e. The molecule has 4 aromatic rings. The van der Waals surface area contributed by atoms with Crippen molar-refractivity contribution >= 4 is 60.1 Å². The van der Waals surface area contributed by atoms with Gasteiger partial charge in [0.25, 0.3) is 0 Å². The summed E-state index contributed by atoms with van der Waals surface area (Å²) in [5, 5.41) is 9.82. The first kappa shape index (κ1) is 21.2. The van der Waals surface area contributed by atoms with Crippen LogP contribution in [0.5, 0.6) is 0 Å². The molecule has 0 unspecified atom stereocenters. The minimum absolute atomic E-state index is 0.216. The van der Waals surface area contributed by atoms with Crippen molar-refractivity contribution in [2.75, 3.05) is 10.6 Å². The number of nitrogens with one attached hydrogen (secondary N) is 2. The smallest absolute Gasteiger partial charge is 0.230 e. The molecule has 9 nitrogen and oxygen atoms in total. The van der Waals surface area contributed by atoms with E-state index in [4.69, 9.17) is 0 Å². The monoisotopic (exact) mass is 501 g/mol. The van der Waals surface area contributed by atoms with Gasteiger partial charge in [-0.1, -0.05) is 12.1 Å². The van der Waals surface area contributed by atoms with Crippen molar-refractivity contribution in [2.24, 2.45) is 7.05 Å². The molecule has 4 rings (SSSR count). The minimum atomic E-state index is -3.47. The maximum absolute atomic E-state index is 12.7. The standard InChI is InChI=1S/C20H20BrN7O2S/c1-12(2)31(29,30)17-7-5-4-6-14(17)25-19-13(21)10-22-20(27-19)26-18-9-8-16-15(24-18)11-23-28(16)3/h4-12H,1-3H3,(H2,22,24,25,26,27). The zero-order valence-corrected chi connectivity index (χ0v) is 19.4. The van der Waals surface area contributed by atoms with Gasteiger partial charge in [-0.05, 0) is 54.0 Å². The molecule has 0 aliphatic heterocycles. The molecular formula is C20H20BrN7O2S. The van der Waals surface area contributed by atoms with Gasteiger partial charge in [-0.2, -0.15) is 10.1 Å². The van der Waals surface area contributed by atoms with E-state index in [-0.39, 0.29) is 4.90 Å². The van der Waals surface area contributed by atoms with E-state index in [1.54, 1.807) is 55.2 Å². The van der Waals surface area contributed by atoms with Gasteiger partial charge in [-0.3, -0.25) is 4.68 Å². The number of pyridine rings is 1. The number of anilines is 4. The number of halogens is 1. The van der Waals surface area contributed by atoms with E-state index in [0.717, 1.165) is 11.0 Å². The van der Waals surface area contributed by atoms with Gasteiger partial charge in [-0.15, -0.1) is 0 Å². The Balaban J connectivity index is 1.65. The van der Waals surface area contributed by atoms with Crippen LogP contribution in [0.25, 0.3) is 11.0 Å². The summed E-state index contributed by atoms with van der Waals surface area (Å²) >= 11 is 3.42. The number of hydrogen-bond donors (Lipinski definition) is 2. The van der Waals surface area contributed by atoms with Crippen molar-refractivity contribution in [2.45, 2.75) is 24.0 Å². The Morgan fingerprint density at radius 3 is 2.58 bits per heavy atom. The predicted molar refractivity (Wildman–Crippen MR) is 124 cm³/mol. The third-order valence-electron chi connectivity index (χ3n) is 4.66. The van der Waals surface area contributed by atoms with Crippen molar-refractivity contribution < 1.29 is 8.42 Å². The molecule has 0 amide bonds. The summed E-state index contributed by atoms with van der Waals surface area (Å²) in [7, 11) is -1.62. The molecule has 0 atom stereocenters. The second-order valence-electron chi connectivity index (χ2n) is 7.10. The van der Waals surface area contributed by atoms with Gasteiger partial charge in [-0.25, -0.2) is 18.4 Å². The number of rotatable bonds is 6. The summed E-state index contributed by atoms with van der Waals surface area (Å²) in [6, 6.07) is 10.5. The minimum Gasteiger partial charge on any atom is -0.338 e. The highest BCUT2D eigenvalue weighted by molar-refractivity contribution is 9.10. The number of hydrogen-bond acceptors (Lipinski definition) is 8. The lowest BCUT2D eigenvalue weighted by molar-refractivity contribution is 0.588. The molecule has 31 heavy (non-hydrogen) atoms. The lowest BCUT2D eigenvalue weighted by Gasteiger charge is -2.15. The second-order valence-corrected chi connectivity index (χ2v) is 10.4. The summed E-state index contributed by atoms with van der Waals surface area (Å²) in [5.74, 6) is 1.30. The van der Waals surface area contributed by atoms with Gasteiger partial charge in [0.1, 0.15) is 17.2 Å². The summed E-state index contributed by atoms with van der Waals surface area (Å²) in [5.41, 5.74) is 2.10. The van der Waals surface area contributed by atoms with Crippen molar-refractivity contribution in [1.29, 1.82) is 0 Å². The van der Waals surface area contributed by atoms with Crippen molar-refractivity contribution in [3.8, 4) is 0 Å². The Hall–Kier alpha value is -3.05. The van der Waals surface area contributed by atoms with Crippen LogP contribution >= 0.6 is 15.9 Å². The van der Waals surface area contributed by atoms with Crippen LogP contribution in [0, 0.1) is 0 Å². The van der Waals surface area contributed by atoms with E-state index in [1.807, 2.05) is 19.2 Å². The van der Waals surface area contributed by atoms with Crippen molar-refractivity contribution in [1.82, 2.24) is 24.7 Å². The molecule has 0 saturated heterocycles. The predicted octanol–water partition coefficient (Wildman–Crippen LogP) is 4.19. The number of aryl methyl sites for hydroxylation is 1. The summed E-state index contributed by atoms with van der Waals surface area (Å²) in [4.78, 5) is 13.5. The number of aromatic nitrogens is 5. The van der Waals surface area contributed by atoms with E-state index in [0.29, 0.717) is 27.7 Å². The first-order valence-corrected chi connectivity index (χ1v) is 11.8. The molecule has 11 heteroatoms. The van der Waals surface area contributed by atoms with Crippen LogP contribution in [0.3, 0.4) is 0 Å². The molecule has 0 saturated carbocycles. The molecule has 0 fully saturated rings. The first-order chi connectivity index (χ1) is 14.8. The largest absolute Gasteiger partial charge is 0.338 e. The summed E-state index contributed by atoms with van der Waals surface area (Å²) in [6.07, 6.45) is 3.27. The van der Waals surface area contributed by atoms with E-state index in [1.165, 1.54) is 0 Å². The van der Waals surface area contributed by atoms with Gasteiger partial charge < -0.3 is 10.6 Å². The molecule has 160 valence electrons. The normalized spacial score (nSPS) is 11.8. The van der Waals surface area contributed by atoms with Gasteiger partial charge >= 0.3 is 0 Å². The van der Waals surface area contributed by atoms with Crippen molar-refractivity contribution in [3.63, 3.8) is 0 Å². The summed E-state index contributed by atoms with van der Waals surface area (Å²) < 4.78 is 27.8. The number of nitrogens with zero attached hydrogens (tertiary/aromatic N) is 5. The van der Waals surface area contributed by atoms with Crippen molar-refractivity contribution in [3.05, 3.63) is 53.3 Å². The average molecular weight is 502 g/mol. The number of fused-ring (bicyclic) bond motifs is 1. The molecule has 3 heterocycles. The Labute approximate surface area is 188 Å². The Morgan fingerprint density at radius 1 is 1.03 bits per heavy atom. The molecule has 0 aliphatic carbocycles. The van der Waals surface area contributed by atoms with Crippen LogP contribution in [0.15, 0.2) is 58.2 Å². The fourth-order valence-corrected chi connectivity index (χ4v) is 4.43. The van der Waals surface area contributed by atoms with E-state index >= 15 is 0 Å². The lowest BCUT2D eigenvalue weighted by atomic mass is 10.3. The molecule has 0 aliphatic rings. The Bertz CT molecular complexity index is 1370. The Kier molecular flexibility index (Phi) is 5.63. The highest BCUT2D eigenvalue weighted by Crippen LogP contribution is 2.30. The highest BCUT2D eigenvalue weighted by atomic mass is 79.9. The van der Waals surface area contributed by atoms with Crippen LogP contribution < -0.4 is 10.6 Å². The topological polar surface area (TPSA) is 115 Å². The van der Waals surface area contributed by atoms with E-state index in [2.05, 4.69) is 46.6 Å². The zero-order valence-electron chi connectivity index (χ0n) is 17.0. The Morgan fingerprint density at radius 2 is 1.81 bits per heavy atom. The average Bonchev–Trinajstić information content (AvgIpc) is 3.11. The molecule has 0 radical (unpaired) electrons. The molecule has 0 spiro atoms. The zero-order chi connectivity index (χ0) is 22.2. The maximum atomic E-state index is 12.7. The SMILES string of the molecule is CC(C)S(=O)(=O)c1ccccc1Nc1nc(Nc2ccc3c(cnn3C)n2)ncc1Br. The number of benzene rings is 1. The second kappa shape index (κ2) is 8.23. The van der Waals surface area contributed by atoms with Crippen LogP contribution in [-0.4, -0.2) is 38.4 Å². The van der Waals surface area contributed by atoms with E-state index in [9.17, 15) is 8.42 Å². The quantitative estimate of drug-likeness (QED) is 0.404. The first-order valence-electron chi connectivity index (χ1n) is 9.44. The number of para-hydroxylation sites is 1. The number of sulfone groups is 1. The third-order valence-corrected chi connectivity index (χ3v) is 7.45. The summed E-state index contributed by atoms with van der Waals surface area (Å²) in [6.45, 7) is 3.31. The fourth-order valence-electron chi connectivity index (χ4n) is 2.94. The molecule has 3 aromatic heterocycles. The van der Waals surface area contributed by atoms with Crippen LogP contribution in [0.4, 0.5) is 23.3 Å². The molecule has 1 aromatic carbocycles. The highest BCUT2D eigenvalue weighted by Gasteiger charge is 2.23.